The third kappa shape index (κ3) is 2.53. The lowest BCUT2D eigenvalue weighted by Gasteiger charge is -2.09. The molecule has 0 radical (unpaired) electrons. The van der Waals surface area contributed by atoms with Gasteiger partial charge in [-0.1, -0.05) is 0 Å². The first-order chi connectivity index (χ1) is 10.9. The summed E-state index contributed by atoms with van der Waals surface area (Å²) in [6.45, 7) is 0.991. The van der Waals surface area contributed by atoms with E-state index >= 15 is 0 Å². The molecule has 0 fully saturated rings. The standard InChI is InChI=1S/C13H20N4O3/c1-9(18)6-4-5-7-17-12(19)10-11(14-8-15(10)2)16(3)13(17)20/h8-9,18H,4-7H2,1-3H3/t9-/m1/s1/i6D2,8D,9D. The van der Waals surface area contributed by atoms with Crippen LogP contribution in [-0.2, 0) is 20.6 Å². The predicted octanol–water partition coefficient (Wildman–Crippen LogP) is -0.0152. The van der Waals surface area contributed by atoms with Gasteiger partial charge in [0.1, 0.15) is 1.37 Å². The number of aromatic nitrogens is 4. The van der Waals surface area contributed by atoms with Crippen molar-refractivity contribution in [3.63, 3.8) is 0 Å². The average molecular weight is 284 g/mol. The Morgan fingerprint density at radius 3 is 2.85 bits per heavy atom. The lowest BCUT2D eigenvalue weighted by Crippen LogP contribution is -2.39. The number of nitrogens with zero attached hydrogens (tertiary/aromatic N) is 4. The number of rotatable bonds is 5. The SMILES string of the molecule is [2H]c1nc2c(c(=O)n(CCCC([2H])([2H])[C@@]([2H])(C)O)c(=O)n2C)n1C. The molecule has 7 heteroatoms. The Kier molecular flexibility index (Phi) is 2.79. The maximum absolute atomic E-state index is 12.5. The molecular weight excluding hydrogens is 260 g/mol. The van der Waals surface area contributed by atoms with E-state index in [-0.39, 0.29) is 36.9 Å². The van der Waals surface area contributed by atoms with Gasteiger partial charge in [0, 0.05) is 23.4 Å². The fourth-order valence-electron chi connectivity index (χ4n) is 2.04. The summed E-state index contributed by atoms with van der Waals surface area (Å²) in [5, 5.41) is 9.50. The Labute approximate surface area is 121 Å². The van der Waals surface area contributed by atoms with Crippen LogP contribution in [0.5, 0.6) is 0 Å². The van der Waals surface area contributed by atoms with Crippen molar-refractivity contribution in [1.29, 1.82) is 0 Å². The van der Waals surface area contributed by atoms with Gasteiger partial charge in [-0.3, -0.25) is 13.9 Å². The summed E-state index contributed by atoms with van der Waals surface area (Å²) in [5.74, 6) is 0. The number of aryl methyl sites for hydroxylation is 2. The van der Waals surface area contributed by atoms with Gasteiger partial charge < -0.3 is 9.67 Å². The number of imidazole rings is 1. The molecule has 110 valence electrons. The smallest absolute Gasteiger partial charge is 0.332 e. The van der Waals surface area contributed by atoms with E-state index in [4.69, 9.17) is 5.48 Å². The minimum Gasteiger partial charge on any atom is -0.393 e. The van der Waals surface area contributed by atoms with E-state index < -0.39 is 23.7 Å². The van der Waals surface area contributed by atoms with Crippen molar-refractivity contribution in [3.05, 3.63) is 27.1 Å². The van der Waals surface area contributed by atoms with Crippen LogP contribution in [0.25, 0.3) is 11.2 Å². The third-order valence-electron chi connectivity index (χ3n) is 3.08. The third-order valence-corrected chi connectivity index (χ3v) is 3.08. The molecule has 2 aromatic rings. The van der Waals surface area contributed by atoms with E-state index in [9.17, 15) is 14.7 Å². The topological polar surface area (TPSA) is 82.1 Å². The minimum absolute atomic E-state index is 0.0600. The minimum atomic E-state index is -2.27. The van der Waals surface area contributed by atoms with Crippen LogP contribution in [0.1, 0.15) is 31.6 Å². The van der Waals surface area contributed by atoms with Crippen molar-refractivity contribution in [2.45, 2.75) is 38.8 Å². The summed E-state index contributed by atoms with van der Waals surface area (Å²) in [6, 6.07) is 0. The lowest BCUT2D eigenvalue weighted by molar-refractivity contribution is 0.180. The van der Waals surface area contributed by atoms with Crippen LogP contribution in [0, 0.1) is 0 Å². The Morgan fingerprint density at radius 2 is 2.20 bits per heavy atom. The first kappa shape index (κ1) is 9.93. The molecule has 7 nitrogen and oxygen atoms in total. The molecule has 0 saturated heterocycles. The molecule has 1 atom stereocenters. The molecule has 2 aromatic heterocycles. The van der Waals surface area contributed by atoms with E-state index in [1.54, 1.807) is 0 Å². The molecule has 0 aliphatic carbocycles. The van der Waals surface area contributed by atoms with E-state index in [0.29, 0.717) is 0 Å². The molecule has 0 aliphatic heterocycles. The molecule has 2 rings (SSSR count). The van der Waals surface area contributed by atoms with E-state index in [1.807, 2.05) is 0 Å². The zero-order chi connectivity index (χ0) is 18.4. The number of fused-ring (bicyclic) bond motifs is 1. The first-order valence-electron chi connectivity index (χ1n) is 8.23. The molecule has 20 heavy (non-hydrogen) atoms. The summed E-state index contributed by atoms with van der Waals surface area (Å²) in [4.78, 5) is 28.7. The highest BCUT2D eigenvalue weighted by atomic mass is 16.3. The summed E-state index contributed by atoms with van der Waals surface area (Å²) < 4.78 is 33.8. The van der Waals surface area contributed by atoms with Gasteiger partial charge >= 0.3 is 5.69 Å². The number of hydrogen-bond acceptors (Lipinski definition) is 4. The molecule has 0 bridgehead atoms. The maximum atomic E-state index is 12.5. The van der Waals surface area contributed by atoms with Crippen molar-refractivity contribution in [2.24, 2.45) is 14.1 Å². The van der Waals surface area contributed by atoms with Crippen molar-refractivity contribution in [3.8, 4) is 0 Å². The summed E-state index contributed by atoms with van der Waals surface area (Å²) >= 11 is 0. The Morgan fingerprint density at radius 1 is 1.50 bits per heavy atom. The summed E-state index contributed by atoms with van der Waals surface area (Å²) in [7, 11) is 2.95. The van der Waals surface area contributed by atoms with Crippen LogP contribution in [0.3, 0.4) is 0 Å². The largest absolute Gasteiger partial charge is 0.393 e. The fraction of sp³-hybridized carbons (Fsp3) is 0.615. The van der Waals surface area contributed by atoms with Crippen molar-refractivity contribution < 1.29 is 10.6 Å². The van der Waals surface area contributed by atoms with Crippen LogP contribution < -0.4 is 11.2 Å². The van der Waals surface area contributed by atoms with E-state index in [2.05, 4.69) is 4.98 Å². The zero-order valence-electron chi connectivity index (χ0n) is 15.7. The summed E-state index contributed by atoms with van der Waals surface area (Å²) in [5.41, 5.74) is -0.959. The lowest BCUT2D eigenvalue weighted by atomic mass is 10.2. The van der Waals surface area contributed by atoms with Crippen LogP contribution in [0.4, 0.5) is 0 Å². The second-order valence-electron chi connectivity index (χ2n) is 4.61. The normalized spacial score (nSPS) is 18.2. The molecule has 0 amide bonds. The molecule has 0 aliphatic rings. The van der Waals surface area contributed by atoms with Gasteiger partial charge in [0.2, 0.25) is 0 Å². The van der Waals surface area contributed by atoms with Gasteiger partial charge in [-0.05, 0) is 26.1 Å². The number of aliphatic hydroxyl groups is 1. The van der Waals surface area contributed by atoms with Gasteiger partial charge in [-0.2, -0.15) is 0 Å². The van der Waals surface area contributed by atoms with Crippen molar-refractivity contribution >= 4 is 11.2 Å². The molecule has 0 aromatic carbocycles. The van der Waals surface area contributed by atoms with Crippen LogP contribution in [0.15, 0.2) is 15.9 Å². The molecule has 1 N–H and O–H groups in total. The zero-order valence-corrected chi connectivity index (χ0v) is 11.7. The van der Waals surface area contributed by atoms with Gasteiger partial charge in [-0.15, -0.1) is 0 Å². The summed E-state index contributed by atoms with van der Waals surface area (Å²) in [6.07, 6.45) is -4.68. The highest BCUT2D eigenvalue weighted by Crippen LogP contribution is 2.04. The predicted molar refractivity (Wildman–Crippen MR) is 75.7 cm³/mol. The van der Waals surface area contributed by atoms with Crippen LogP contribution >= 0.6 is 0 Å². The van der Waals surface area contributed by atoms with E-state index in [1.165, 1.54) is 23.2 Å². The Balaban J connectivity index is 2.39. The van der Waals surface area contributed by atoms with Crippen molar-refractivity contribution in [1.82, 2.24) is 18.7 Å². The van der Waals surface area contributed by atoms with Crippen LogP contribution in [-0.4, -0.2) is 29.9 Å². The maximum Gasteiger partial charge on any atom is 0.332 e. The molecule has 0 unspecified atom stereocenters. The highest BCUT2D eigenvalue weighted by molar-refractivity contribution is 5.69. The van der Waals surface area contributed by atoms with Gasteiger partial charge in [0.05, 0.1) is 13.8 Å². The van der Waals surface area contributed by atoms with Gasteiger partial charge in [-0.25, -0.2) is 9.78 Å². The monoisotopic (exact) mass is 284 g/mol. The molecule has 0 spiro atoms. The quantitative estimate of drug-likeness (QED) is 0.837. The van der Waals surface area contributed by atoms with Gasteiger partial charge in [0.25, 0.3) is 5.56 Å². The van der Waals surface area contributed by atoms with E-state index in [0.717, 1.165) is 11.5 Å². The molecule has 2 heterocycles. The molecule has 0 saturated carbocycles. The Bertz CT molecular complexity index is 892. The highest BCUT2D eigenvalue weighted by Gasteiger charge is 2.14. The van der Waals surface area contributed by atoms with Gasteiger partial charge in [0.15, 0.2) is 11.2 Å². The fourth-order valence-corrected chi connectivity index (χ4v) is 2.04. The Hall–Kier alpha value is -1.89. The van der Waals surface area contributed by atoms with Crippen LogP contribution in [0.2, 0.25) is 0 Å². The second-order valence-corrected chi connectivity index (χ2v) is 4.61. The van der Waals surface area contributed by atoms with Crippen molar-refractivity contribution in [2.75, 3.05) is 0 Å². The first-order valence-corrected chi connectivity index (χ1v) is 6.23. The average Bonchev–Trinajstić information content (AvgIpc) is 2.75. The second kappa shape index (κ2) is 5.62. The number of hydrogen-bond donors (Lipinski definition) is 1. The molecular formula is C13H20N4O3.